The normalized spacial score (nSPS) is 16.2. The molecular weight excluding hydrogens is 428 g/mol. The third kappa shape index (κ3) is 4.64. The van der Waals surface area contributed by atoms with Crippen LogP contribution in [0.4, 0.5) is 5.69 Å². The third-order valence-corrected chi connectivity index (χ3v) is 7.04. The maximum atomic E-state index is 7.30. The Hall–Kier alpha value is -3.58. The van der Waals surface area contributed by atoms with Crippen molar-refractivity contribution in [1.82, 2.24) is 10.6 Å². The van der Waals surface area contributed by atoms with E-state index in [9.17, 15) is 0 Å². The van der Waals surface area contributed by atoms with Gasteiger partial charge in [-0.3, -0.25) is 5.41 Å². The van der Waals surface area contributed by atoms with Crippen LogP contribution in [-0.4, -0.2) is 19.0 Å². The van der Waals surface area contributed by atoms with Gasteiger partial charge in [0.1, 0.15) is 10.5 Å². The smallest absolute Gasteiger partial charge is 0.263 e. The molecule has 0 saturated heterocycles. The molecule has 2 aliphatic heterocycles. The molecule has 0 saturated carbocycles. The number of hydrogen-bond acceptors (Lipinski definition) is 4. The first-order valence-electron chi connectivity index (χ1n) is 11.4. The van der Waals surface area contributed by atoms with Crippen LogP contribution in [0.3, 0.4) is 0 Å². The molecule has 0 fully saturated rings. The van der Waals surface area contributed by atoms with Gasteiger partial charge in [-0.2, -0.15) is 4.57 Å². The summed E-state index contributed by atoms with van der Waals surface area (Å²) in [5, 5.41) is 15.0. The van der Waals surface area contributed by atoms with Crippen LogP contribution < -0.4 is 25.8 Å². The SMILES string of the molecule is N=C(N)NCCCNC1=CC(=Cc2sc3cccc4c3[n+]2CCC4)C=CN1c1ccccc1. The quantitative estimate of drug-likeness (QED) is 0.188. The van der Waals surface area contributed by atoms with E-state index in [0.29, 0.717) is 6.54 Å². The van der Waals surface area contributed by atoms with E-state index in [-0.39, 0.29) is 5.96 Å². The first-order chi connectivity index (χ1) is 16.2. The van der Waals surface area contributed by atoms with Crippen molar-refractivity contribution < 1.29 is 4.57 Å². The molecule has 0 bridgehead atoms. The largest absolute Gasteiger partial charge is 0.371 e. The van der Waals surface area contributed by atoms with Crippen molar-refractivity contribution in [3.8, 4) is 0 Å². The Morgan fingerprint density at radius 2 is 2.03 bits per heavy atom. The number of para-hydroxylation sites is 2. The van der Waals surface area contributed by atoms with Gasteiger partial charge < -0.3 is 21.3 Å². The second-order valence-corrected chi connectivity index (χ2v) is 9.34. The number of benzene rings is 2. The van der Waals surface area contributed by atoms with Crippen molar-refractivity contribution in [1.29, 1.82) is 5.41 Å². The number of aryl methyl sites for hydroxylation is 2. The predicted molar refractivity (Wildman–Crippen MR) is 137 cm³/mol. The molecule has 7 heteroatoms. The van der Waals surface area contributed by atoms with Gasteiger partial charge in [0, 0.05) is 43.0 Å². The van der Waals surface area contributed by atoms with E-state index >= 15 is 0 Å². The zero-order valence-corrected chi connectivity index (χ0v) is 19.4. The van der Waals surface area contributed by atoms with Crippen LogP contribution in [0, 0.1) is 5.41 Å². The number of guanidine groups is 1. The highest BCUT2D eigenvalue weighted by molar-refractivity contribution is 7.18. The molecule has 2 aromatic carbocycles. The molecule has 5 N–H and O–H groups in total. The van der Waals surface area contributed by atoms with E-state index in [0.717, 1.165) is 31.0 Å². The van der Waals surface area contributed by atoms with Crippen molar-refractivity contribution >= 4 is 39.3 Å². The van der Waals surface area contributed by atoms with Crippen LogP contribution in [0.5, 0.6) is 0 Å². The summed E-state index contributed by atoms with van der Waals surface area (Å²) < 4.78 is 3.85. The second kappa shape index (κ2) is 9.50. The Labute approximate surface area is 198 Å². The van der Waals surface area contributed by atoms with Gasteiger partial charge in [-0.05, 0) is 48.8 Å². The molecular formula is C26H29N6S+. The number of anilines is 1. The minimum atomic E-state index is 0.0129. The van der Waals surface area contributed by atoms with Gasteiger partial charge in [0.25, 0.3) is 5.01 Å². The molecule has 3 heterocycles. The average molecular weight is 458 g/mol. The fourth-order valence-corrected chi connectivity index (χ4v) is 5.62. The summed E-state index contributed by atoms with van der Waals surface area (Å²) in [4.78, 5) is 2.18. The van der Waals surface area contributed by atoms with Gasteiger partial charge >= 0.3 is 0 Å². The van der Waals surface area contributed by atoms with E-state index in [2.05, 4.69) is 87.0 Å². The molecule has 0 aliphatic carbocycles. The fourth-order valence-electron chi connectivity index (χ4n) is 4.42. The predicted octanol–water partition coefficient (Wildman–Crippen LogP) is 3.86. The molecule has 3 aromatic rings. The number of thiazole rings is 1. The molecule has 6 nitrogen and oxygen atoms in total. The zero-order chi connectivity index (χ0) is 22.6. The summed E-state index contributed by atoms with van der Waals surface area (Å²) in [5.41, 5.74) is 10.5. The lowest BCUT2D eigenvalue weighted by Crippen LogP contribution is -2.38. The molecule has 1 aromatic heterocycles. The van der Waals surface area contributed by atoms with Gasteiger partial charge in [0.05, 0.1) is 0 Å². The minimum absolute atomic E-state index is 0.0129. The summed E-state index contributed by atoms with van der Waals surface area (Å²) in [7, 11) is 0. The van der Waals surface area contributed by atoms with Crippen LogP contribution >= 0.6 is 11.3 Å². The summed E-state index contributed by atoms with van der Waals surface area (Å²) in [5.74, 6) is 1.05. The monoisotopic (exact) mass is 457 g/mol. The van der Waals surface area contributed by atoms with Gasteiger partial charge in [0.15, 0.2) is 12.5 Å². The minimum Gasteiger partial charge on any atom is -0.371 e. The second-order valence-electron chi connectivity index (χ2n) is 8.28. The Morgan fingerprint density at radius 1 is 1.15 bits per heavy atom. The number of nitrogens with one attached hydrogen (secondary N) is 3. The molecule has 0 radical (unpaired) electrons. The maximum absolute atomic E-state index is 7.30. The van der Waals surface area contributed by atoms with Gasteiger partial charge in [0.2, 0.25) is 5.52 Å². The number of aromatic nitrogens is 1. The number of rotatable bonds is 7. The van der Waals surface area contributed by atoms with Crippen molar-refractivity contribution in [2.45, 2.75) is 25.8 Å². The van der Waals surface area contributed by atoms with E-state index < -0.39 is 0 Å². The van der Waals surface area contributed by atoms with Crippen molar-refractivity contribution in [2.75, 3.05) is 18.0 Å². The highest BCUT2D eigenvalue weighted by Gasteiger charge is 2.25. The highest BCUT2D eigenvalue weighted by atomic mass is 32.1. The van der Waals surface area contributed by atoms with E-state index in [1.807, 2.05) is 17.4 Å². The van der Waals surface area contributed by atoms with Gasteiger partial charge in [-0.25, -0.2) is 0 Å². The van der Waals surface area contributed by atoms with E-state index in [1.165, 1.54) is 39.2 Å². The van der Waals surface area contributed by atoms with Crippen LogP contribution in [-0.2, 0) is 13.0 Å². The Balaban J connectivity index is 1.43. The Morgan fingerprint density at radius 3 is 2.88 bits per heavy atom. The molecule has 0 spiro atoms. The third-order valence-electron chi connectivity index (χ3n) is 5.94. The maximum Gasteiger partial charge on any atom is 0.263 e. The van der Waals surface area contributed by atoms with Crippen LogP contribution in [0.1, 0.15) is 23.4 Å². The van der Waals surface area contributed by atoms with Gasteiger partial charge in [-0.15, -0.1) is 0 Å². The molecule has 2 aliphatic rings. The first kappa shape index (κ1) is 21.3. The standard InChI is InChI=1S/C26H28N6S/c27-26(28)30-14-6-13-29-23-17-19(12-16-31(23)21-9-2-1-3-10-21)18-24-32-15-5-8-20-7-4-11-22(33-24)25(20)32/h1-4,7,9-12,16-18H,5-6,8,13-15H2,(H4,27,28,30)/p+1. The molecule has 33 heavy (non-hydrogen) atoms. The van der Waals surface area contributed by atoms with Crippen LogP contribution in [0.25, 0.3) is 16.3 Å². The summed E-state index contributed by atoms with van der Waals surface area (Å²) in [6, 6.07) is 17.0. The zero-order valence-electron chi connectivity index (χ0n) is 18.6. The van der Waals surface area contributed by atoms with E-state index in [4.69, 9.17) is 11.1 Å². The topological polar surface area (TPSA) is 81.0 Å². The Kier molecular flexibility index (Phi) is 6.13. The van der Waals surface area contributed by atoms with Crippen LogP contribution in [0.15, 0.2) is 78.3 Å². The lowest BCUT2D eigenvalue weighted by atomic mass is 10.0. The van der Waals surface area contributed by atoms with Crippen molar-refractivity contribution in [2.24, 2.45) is 5.73 Å². The summed E-state index contributed by atoms with van der Waals surface area (Å²) in [6.07, 6.45) is 12.1. The molecule has 0 unspecified atom stereocenters. The van der Waals surface area contributed by atoms with Crippen molar-refractivity contribution in [3.05, 3.63) is 88.8 Å². The number of allylic oxidation sites excluding steroid dienone is 3. The molecule has 5 rings (SSSR count). The number of hydrogen-bond donors (Lipinski definition) is 4. The summed E-state index contributed by atoms with van der Waals surface area (Å²) >= 11 is 1.87. The van der Waals surface area contributed by atoms with Crippen molar-refractivity contribution in [3.63, 3.8) is 0 Å². The lowest BCUT2D eigenvalue weighted by Gasteiger charge is -2.28. The molecule has 0 atom stereocenters. The highest BCUT2D eigenvalue weighted by Crippen LogP contribution is 2.30. The van der Waals surface area contributed by atoms with E-state index in [1.54, 1.807) is 0 Å². The number of nitrogens with zero attached hydrogens (tertiary/aromatic N) is 2. The number of nitrogens with two attached hydrogens (primary N) is 1. The lowest BCUT2D eigenvalue weighted by molar-refractivity contribution is -0.671. The fraction of sp³-hybridized carbons (Fsp3) is 0.231. The molecule has 0 amide bonds. The van der Waals surface area contributed by atoms with Crippen LogP contribution in [0.2, 0.25) is 0 Å². The average Bonchev–Trinajstić information content (AvgIpc) is 3.18. The summed E-state index contributed by atoms with van der Waals surface area (Å²) in [6.45, 7) is 2.53. The molecule has 168 valence electrons. The first-order valence-corrected chi connectivity index (χ1v) is 12.2. The van der Waals surface area contributed by atoms with Gasteiger partial charge in [-0.1, -0.05) is 41.7 Å². The Bertz CT molecular complexity index is 1250.